The quantitative estimate of drug-likeness (QED) is 0.856. The molecule has 0 spiro atoms. The molecule has 1 N–H and O–H groups in total. The molecule has 26 heavy (non-hydrogen) atoms. The molecule has 1 amide bonds. The molecule has 0 aliphatic carbocycles. The van der Waals surface area contributed by atoms with E-state index in [1.54, 1.807) is 27.4 Å². The summed E-state index contributed by atoms with van der Waals surface area (Å²) < 4.78 is 22.4. The molecular formula is C20H23NO5. The molecule has 138 valence electrons. The number of fused-ring (bicyclic) bond motifs is 1. The van der Waals surface area contributed by atoms with E-state index in [1.807, 2.05) is 31.2 Å². The van der Waals surface area contributed by atoms with E-state index in [4.69, 9.17) is 18.9 Å². The molecule has 1 aliphatic heterocycles. The highest BCUT2D eigenvalue weighted by atomic mass is 16.5. The van der Waals surface area contributed by atoms with E-state index in [1.165, 1.54) is 0 Å². The van der Waals surface area contributed by atoms with Gasteiger partial charge in [0.2, 0.25) is 11.7 Å². The van der Waals surface area contributed by atoms with Gasteiger partial charge in [-0.2, -0.15) is 0 Å². The van der Waals surface area contributed by atoms with Crippen molar-refractivity contribution < 1.29 is 23.7 Å². The monoisotopic (exact) mass is 357 g/mol. The molecule has 2 aromatic rings. The van der Waals surface area contributed by atoms with Crippen LogP contribution in [0.2, 0.25) is 0 Å². The summed E-state index contributed by atoms with van der Waals surface area (Å²) in [6.07, 6.45) is 0.295. The zero-order valence-electron chi connectivity index (χ0n) is 15.4. The largest absolute Gasteiger partial charge is 0.494 e. The average Bonchev–Trinajstić information content (AvgIpc) is 2.66. The van der Waals surface area contributed by atoms with Crippen molar-refractivity contribution in [2.75, 3.05) is 33.3 Å². The maximum Gasteiger partial charge on any atom is 0.225 e. The third-order valence-corrected chi connectivity index (χ3v) is 4.47. The molecule has 1 atom stereocenters. The predicted octanol–water partition coefficient (Wildman–Crippen LogP) is 3.59. The van der Waals surface area contributed by atoms with E-state index < -0.39 is 0 Å². The Balaban J connectivity index is 2.25. The molecule has 1 heterocycles. The normalized spacial score (nSPS) is 15.7. The molecule has 0 bridgehead atoms. The van der Waals surface area contributed by atoms with Crippen LogP contribution in [0, 0.1) is 0 Å². The third kappa shape index (κ3) is 3.03. The molecule has 1 aliphatic rings. The van der Waals surface area contributed by atoms with Crippen LogP contribution in [-0.4, -0.2) is 33.8 Å². The van der Waals surface area contributed by atoms with E-state index in [9.17, 15) is 4.79 Å². The number of nitrogens with one attached hydrogen (secondary N) is 1. The van der Waals surface area contributed by atoms with Gasteiger partial charge in [0.1, 0.15) is 5.75 Å². The second-order valence-corrected chi connectivity index (χ2v) is 5.88. The number of hydrogen-bond donors (Lipinski definition) is 1. The Bertz CT molecular complexity index is 818. The van der Waals surface area contributed by atoms with Gasteiger partial charge in [-0.1, -0.05) is 18.2 Å². The molecule has 3 rings (SSSR count). The Hall–Kier alpha value is -2.89. The fourth-order valence-corrected chi connectivity index (χ4v) is 3.44. The third-order valence-electron chi connectivity index (χ3n) is 4.47. The van der Waals surface area contributed by atoms with Crippen LogP contribution in [0.4, 0.5) is 5.69 Å². The van der Waals surface area contributed by atoms with Gasteiger partial charge in [-0.05, 0) is 13.0 Å². The maximum atomic E-state index is 12.4. The van der Waals surface area contributed by atoms with Crippen LogP contribution in [0.5, 0.6) is 23.0 Å². The smallest absolute Gasteiger partial charge is 0.225 e. The maximum absolute atomic E-state index is 12.4. The van der Waals surface area contributed by atoms with Crippen molar-refractivity contribution in [3.8, 4) is 23.0 Å². The van der Waals surface area contributed by atoms with Crippen molar-refractivity contribution in [3.05, 3.63) is 41.5 Å². The number of amides is 1. The predicted molar refractivity (Wildman–Crippen MR) is 98.8 cm³/mol. The van der Waals surface area contributed by atoms with Gasteiger partial charge in [0.15, 0.2) is 11.5 Å². The van der Waals surface area contributed by atoms with Gasteiger partial charge in [0.25, 0.3) is 0 Å². The Labute approximate surface area is 153 Å². The van der Waals surface area contributed by atoms with E-state index >= 15 is 0 Å². The minimum absolute atomic E-state index is 0.0666. The van der Waals surface area contributed by atoms with Crippen LogP contribution < -0.4 is 24.3 Å². The highest BCUT2D eigenvalue weighted by molar-refractivity contribution is 5.97. The lowest BCUT2D eigenvalue weighted by Gasteiger charge is -2.30. The zero-order chi connectivity index (χ0) is 18.7. The second kappa shape index (κ2) is 7.56. The first-order valence-corrected chi connectivity index (χ1v) is 8.49. The summed E-state index contributed by atoms with van der Waals surface area (Å²) in [4.78, 5) is 12.4. The Kier molecular flexibility index (Phi) is 5.21. The molecular weight excluding hydrogens is 334 g/mol. The van der Waals surface area contributed by atoms with Crippen molar-refractivity contribution >= 4 is 11.6 Å². The van der Waals surface area contributed by atoms with Gasteiger partial charge in [-0.25, -0.2) is 0 Å². The molecule has 6 nitrogen and oxygen atoms in total. The van der Waals surface area contributed by atoms with Crippen molar-refractivity contribution in [2.24, 2.45) is 0 Å². The topological polar surface area (TPSA) is 66.0 Å². The summed E-state index contributed by atoms with van der Waals surface area (Å²) >= 11 is 0. The first-order valence-electron chi connectivity index (χ1n) is 8.49. The van der Waals surface area contributed by atoms with Gasteiger partial charge in [-0.3, -0.25) is 4.79 Å². The number of benzene rings is 2. The van der Waals surface area contributed by atoms with Crippen molar-refractivity contribution in [1.82, 2.24) is 0 Å². The number of anilines is 1. The lowest BCUT2D eigenvalue weighted by molar-refractivity contribution is -0.116. The van der Waals surface area contributed by atoms with Gasteiger partial charge >= 0.3 is 0 Å². The highest BCUT2D eigenvalue weighted by Crippen LogP contribution is 2.52. The summed E-state index contributed by atoms with van der Waals surface area (Å²) in [6.45, 7) is 2.48. The van der Waals surface area contributed by atoms with Gasteiger partial charge in [-0.15, -0.1) is 0 Å². The number of para-hydroxylation sites is 1. The number of rotatable bonds is 6. The molecule has 0 aromatic heterocycles. The van der Waals surface area contributed by atoms with Crippen LogP contribution in [-0.2, 0) is 4.79 Å². The summed E-state index contributed by atoms with van der Waals surface area (Å²) in [5, 5.41) is 2.92. The zero-order valence-corrected chi connectivity index (χ0v) is 15.4. The molecule has 0 radical (unpaired) electrons. The fraction of sp³-hybridized carbons (Fsp3) is 0.350. The molecule has 0 saturated heterocycles. The van der Waals surface area contributed by atoms with Gasteiger partial charge < -0.3 is 24.3 Å². The van der Waals surface area contributed by atoms with E-state index in [-0.39, 0.29) is 11.8 Å². The lowest BCUT2D eigenvalue weighted by atomic mass is 9.83. The molecule has 0 unspecified atom stereocenters. The van der Waals surface area contributed by atoms with E-state index in [2.05, 4.69) is 5.32 Å². The summed E-state index contributed by atoms with van der Waals surface area (Å²) in [5.74, 6) is 2.04. The molecule has 6 heteroatoms. The molecule has 0 fully saturated rings. The second-order valence-electron chi connectivity index (χ2n) is 5.88. The Morgan fingerprint density at radius 2 is 1.77 bits per heavy atom. The van der Waals surface area contributed by atoms with Crippen LogP contribution in [0.1, 0.15) is 30.4 Å². The summed E-state index contributed by atoms with van der Waals surface area (Å²) in [5.41, 5.74) is 2.46. The summed E-state index contributed by atoms with van der Waals surface area (Å²) in [6, 6.07) is 9.53. The van der Waals surface area contributed by atoms with Crippen LogP contribution >= 0.6 is 0 Å². The number of carbonyl (C=O) groups is 1. The molecule has 0 saturated carbocycles. The van der Waals surface area contributed by atoms with Crippen LogP contribution in [0.3, 0.4) is 0 Å². The highest BCUT2D eigenvalue weighted by Gasteiger charge is 2.34. The first kappa shape index (κ1) is 17.9. The number of hydrogen-bond acceptors (Lipinski definition) is 5. The number of ether oxygens (including phenoxy) is 4. The van der Waals surface area contributed by atoms with E-state index in [0.717, 1.165) is 16.9 Å². The standard InChI is InChI=1S/C20H23NO5/c1-5-26-15-9-7-6-8-12(15)13-10-17(22)21-14-11-16(23-2)19(24-3)20(25-4)18(13)14/h6-9,11,13H,5,10H2,1-4H3,(H,21,22)/t13-/m0/s1. The van der Waals surface area contributed by atoms with Crippen LogP contribution in [0.25, 0.3) is 0 Å². The molecule has 2 aromatic carbocycles. The van der Waals surface area contributed by atoms with Crippen molar-refractivity contribution in [1.29, 1.82) is 0 Å². The number of methoxy groups -OCH3 is 3. The number of carbonyl (C=O) groups excluding carboxylic acids is 1. The minimum atomic E-state index is -0.212. The Morgan fingerprint density at radius 3 is 2.42 bits per heavy atom. The van der Waals surface area contributed by atoms with Crippen molar-refractivity contribution in [2.45, 2.75) is 19.3 Å². The van der Waals surface area contributed by atoms with E-state index in [0.29, 0.717) is 36.0 Å². The summed E-state index contributed by atoms with van der Waals surface area (Å²) in [7, 11) is 4.70. The van der Waals surface area contributed by atoms with Gasteiger partial charge in [0.05, 0.1) is 33.6 Å². The Morgan fingerprint density at radius 1 is 1.04 bits per heavy atom. The van der Waals surface area contributed by atoms with Gasteiger partial charge in [0, 0.05) is 29.5 Å². The first-order chi connectivity index (χ1) is 12.6. The van der Waals surface area contributed by atoms with Crippen molar-refractivity contribution in [3.63, 3.8) is 0 Å². The average molecular weight is 357 g/mol. The lowest BCUT2D eigenvalue weighted by Crippen LogP contribution is -2.24. The SMILES string of the molecule is CCOc1ccccc1[C@@H]1CC(=O)Nc2cc(OC)c(OC)c(OC)c21. The van der Waals surface area contributed by atoms with Crippen LogP contribution in [0.15, 0.2) is 30.3 Å². The minimum Gasteiger partial charge on any atom is -0.494 e. The fourth-order valence-electron chi connectivity index (χ4n) is 3.44.